The molecule has 2 fully saturated rings. The summed E-state index contributed by atoms with van der Waals surface area (Å²) < 4.78 is 8.43. The Balaban J connectivity index is 1.71. The highest BCUT2D eigenvalue weighted by Gasteiger charge is 2.41. The highest BCUT2D eigenvalue weighted by Crippen LogP contribution is 2.23. The quantitative estimate of drug-likeness (QED) is 0.765. The van der Waals surface area contributed by atoms with Crippen LogP contribution in [0.15, 0.2) is 0 Å². The maximum absolute atomic E-state index is 12.3. The molecular weight excluding hydrogens is 284 g/mol. The van der Waals surface area contributed by atoms with Crippen LogP contribution in [0.1, 0.15) is 21.8 Å². The van der Waals surface area contributed by atoms with Gasteiger partial charge in [0.05, 0.1) is 11.7 Å². The van der Waals surface area contributed by atoms with Crippen LogP contribution >= 0.6 is 11.5 Å². The molecule has 1 aromatic rings. The van der Waals surface area contributed by atoms with Crippen LogP contribution in [0, 0.1) is 6.92 Å². The van der Waals surface area contributed by atoms with E-state index in [-0.39, 0.29) is 24.5 Å². The number of aromatic nitrogens is 2. The molecule has 1 atom stereocenters. The lowest BCUT2D eigenvalue weighted by Crippen LogP contribution is -2.42. The normalized spacial score (nSPS) is 22.6. The fourth-order valence-corrected chi connectivity index (χ4v) is 3.05. The number of nitrogens with zero attached hydrogens (tertiary/aromatic N) is 4. The monoisotopic (exact) mass is 296 g/mol. The van der Waals surface area contributed by atoms with E-state index >= 15 is 0 Å². The van der Waals surface area contributed by atoms with Gasteiger partial charge in [-0.3, -0.25) is 9.59 Å². The first-order valence-corrected chi connectivity index (χ1v) is 6.92. The number of carbonyl (C=O) groups excluding carboxylic acids is 3. The first-order valence-electron chi connectivity index (χ1n) is 6.15. The van der Waals surface area contributed by atoms with Crippen LogP contribution in [0.3, 0.4) is 0 Å². The molecule has 106 valence electrons. The van der Waals surface area contributed by atoms with Crippen LogP contribution in [0.5, 0.6) is 0 Å². The number of likely N-dealkylation sites (tertiary alicyclic amines) is 1. The Hall–Kier alpha value is -2.03. The summed E-state index contributed by atoms with van der Waals surface area (Å²) >= 11 is 1.05. The summed E-state index contributed by atoms with van der Waals surface area (Å²) in [4.78, 5) is 38.6. The zero-order chi connectivity index (χ0) is 14.3. The van der Waals surface area contributed by atoms with Crippen LogP contribution in [0.4, 0.5) is 4.79 Å². The van der Waals surface area contributed by atoms with Crippen molar-refractivity contribution in [1.29, 1.82) is 0 Å². The van der Waals surface area contributed by atoms with Gasteiger partial charge < -0.3 is 9.64 Å². The largest absolute Gasteiger partial charge is 0.439 e. The number of hydrogen-bond donors (Lipinski definition) is 0. The molecule has 0 aromatic carbocycles. The summed E-state index contributed by atoms with van der Waals surface area (Å²) in [6, 6.07) is -0.303. The molecule has 0 spiro atoms. The lowest BCUT2D eigenvalue weighted by Gasteiger charge is -2.20. The van der Waals surface area contributed by atoms with Crippen molar-refractivity contribution in [2.75, 3.05) is 19.7 Å². The van der Waals surface area contributed by atoms with Crippen molar-refractivity contribution in [3.63, 3.8) is 0 Å². The summed E-state index contributed by atoms with van der Waals surface area (Å²) in [6.07, 6.45) is -0.0531. The third kappa shape index (κ3) is 2.03. The highest BCUT2D eigenvalue weighted by atomic mass is 32.1. The minimum atomic E-state index is -0.620. The fourth-order valence-electron chi connectivity index (χ4n) is 2.43. The SMILES string of the molecule is Cc1nnsc1C(=O)N1CC[C@H](N2C(=O)COC2=O)C1. The number of cyclic esters (lactones) is 1. The average molecular weight is 296 g/mol. The topological polar surface area (TPSA) is 92.7 Å². The molecular formula is C11H12N4O4S. The molecule has 3 rings (SSSR count). The van der Waals surface area contributed by atoms with Gasteiger partial charge in [-0.1, -0.05) is 4.49 Å². The molecule has 2 aliphatic heterocycles. The summed E-state index contributed by atoms with van der Waals surface area (Å²) in [6.45, 7) is 2.35. The molecule has 20 heavy (non-hydrogen) atoms. The van der Waals surface area contributed by atoms with E-state index < -0.39 is 6.09 Å². The van der Waals surface area contributed by atoms with Crippen molar-refractivity contribution in [3.8, 4) is 0 Å². The number of imide groups is 1. The predicted octanol–water partition coefficient (Wildman–Crippen LogP) is 0.0398. The van der Waals surface area contributed by atoms with Gasteiger partial charge in [0.1, 0.15) is 4.88 Å². The van der Waals surface area contributed by atoms with E-state index in [0.717, 1.165) is 16.4 Å². The summed E-state index contributed by atoms with van der Waals surface area (Å²) in [5, 5.41) is 3.81. The lowest BCUT2D eigenvalue weighted by molar-refractivity contribution is -0.127. The Kier molecular flexibility index (Phi) is 3.13. The van der Waals surface area contributed by atoms with Crippen LogP contribution in [0.25, 0.3) is 0 Å². The lowest BCUT2D eigenvalue weighted by atomic mass is 10.2. The Bertz CT molecular complexity index is 571. The summed E-state index contributed by atoms with van der Waals surface area (Å²) in [7, 11) is 0. The van der Waals surface area contributed by atoms with Crippen molar-refractivity contribution in [2.45, 2.75) is 19.4 Å². The molecule has 0 bridgehead atoms. The van der Waals surface area contributed by atoms with E-state index in [0.29, 0.717) is 30.1 Å². The van der Waals surface area contributed by atoms with Crippen molar-refractivity contribution >= 4 is 29.4 Å². The van der Waals surface area contributed by atoms with E-state index in [1.54, 1.807) is 11.8 Å². The molecule has 1 aromatic heterocycles. The minimum absolute atomic E-state index is 0.153. The number of ether oxygens (including phenoxy) is 1. The van der Waals surface area contributed by atoms with Gasteiger partial charge in [-0.15, -0.1) is 5.10 Å². The van der Waals surface area contributed by atoms with E-state index in [4.69, 9.17) is 4.74 Å². The molecule has 2 saturated heterocycles. The van der Waals surface area contributed by atoms with Crippen molar-refractivity contribution in [2.24, 2.45) is 0 Å². The smallest absolute Gasteiger partial charge is 0.417 e. The maximum Gasteiger partial charge on any atom is 0.417 e. The van der Waals surface area contributed by atoms with E-state index in [9.17, 15) is 14.4 Å². The van der Waals surface area contributed by atoms with Crippen LogP contribution in [-0.2, 0) is 9.53 Å². The summed E-state index contributed by atoms with van der Waals surface area (Å²) in [5.41, 5.74) is 0.597. The molecule has 8 nitrogen and oxygen atoms in total. The molecule has 0 N–H and O–H groups in total. The number of hydrogen-bond acceptors (Lipinski definition) is 7. The molecule has 0 radical (unpaired) electrons. The Morgan fingerprint density at radius 2 is 2.25 bits per heavy atom. The van der Waals surface area contributed by atoms with Gasteiger partial charge in [0.15, 0.2) is 6.61 Å². The number of amides is 3. The standard InChI is InChI=1S/C11H12N4O4S/c1-6-9(20-13-12-6)10(17)14-3-2-7(4-14)15-8(16)5-19-11(15)18/h7H,2-5H2,1H3/t7-/m0/s1. The van der Waals surface area contributed by atoms with Crippen LogP contribution in [0.2, 0.25) is 0 Å². The summed E-state index contributed by atoms with van der Waals surface area (Å²) in [5.74, 6) is -0.495. The van der Waals surface area contributed by atoms with Crippen LogP contribution < -0.4 is 0 Å². The van der Waals surface area contributed by atoms with Gasteiger partial charge in [0.25, 0.3) is 11.8 Å². The molecule has 3 amide bonds. The van der Waals surface area contributed by atoms with Gasteiger partial charge in [-0.05, 0) is 24.9 Å². The number of rotatable bonds is 2. The van der Waals surface area contributed by atoms with Gasteiger partial charge >= 0.3 is 6.09 Å². The predicted molar refractivity (Wildman–Crippen MR) is 67.1 cm³/mol. The van der Waals surface area contributed by atoms with Gasteiger partial charge in [-0.25, -0.2) is 9.69 Å². The molecule has 0 saturated carbocycles. The number of carbonyl (C=O) groups is 3. The Labute approximate surface area is 118 Å². The van der Waals surface area contributed by atoms with E-state index in [1.807, 2.05) is 0 Å². The van der Waals surface area contributed by atoms with Crippen molar-refractivity contribution < 1.29 is 19.1 Å². The van der Waals surface area contributed by atoms with E-state index in [1.165, 1.54) is 0 Å². The average Bonchev–Trinajstić information content (AvgIpc) is 3.10. The molecule has 2 aliphatic rings. The number of aryl methyl sites for hydroxylation is 1. The molecule has 9 heteroatoms. The Morgan fingerprint density at radius 3 is 2.85 bits per heavy atom. The Morgan fingerprint density at radius 1 is 1.45 bits per heavy atom. The first kappa shape index (κ1) is 13.0. The van der Waals surface area contributed by atoms with Crippen molar-refractivity contribution in [3.05, 3.63) is 10.6 Å². The third-order valence-electron chi connectivity index (χ3n) is 3.45. The van der Waals surface area contributed by atoms with Crippen molar-refractivity contribution in [1.82, 2.24) is 19.4 Å². The van der Waals surface area contributed by atoms with Gasteiger partial charge in [0, 0.05) is 13.1 Å². The zero-order valence-corrected chi connectivity index (χ0v) is 11.6. The molecule has 0 unspecified atom stereocenters. The van der Waals surface area contributed by atoms with Crippen LogP contribution in [-0.4, -0.2) is 63.0 Å². The third-order valence-corrected chi connectivity index (χ3v) is 4.26. The molecule has 3 heterocycles. The second kappa shape index (κ2) is 4.82. The van der Waals surface area contributed by atoms with E-state index in [2.05, 4.69) is 9.59 Å². The van der Waals surface area contributed by atoms with Gasteiger partial charge in [-0.2, -0.15) is 0 Å². The molecule has 0 aliphatic carbocycles. The minimum Gasteiger partial charge on any atom is -0.439 e. The second-order valence-electron chi connectivity index (χ2n) is 4.70. The highest BCUT2D eigenvalue weighted by molar-refractivity contribution is 7.07. The fraction of sp³-hybridized carbons (Fsp3) is 0.545. The second-order valence-corrected chi connectivity index (χ2v) is 5.45. The van der Waals surface area contributed by atoms with Gasteiger partial charge in [0.2, 0.25) is 0 Å². The zero-order valence-electron chi connectivity index (χ0n) is 10.7. The first-order chi connectivity index (χ1) is 9.58. The maximum atomic E-state index is 12.3.